The Morgan fingerprint density at radius 3 is 2.75 bits per heavy atom. The highest BCUT2D eigenvalue weighted by Crippen LogP contribution is 2.35. The Balaban J connectivity index is 1.56. The van der Waals surface area contributed by atoms with Crippen molar-refractivity contribution >= 4 is 29.3 Å². The summed E-state index contributed by atoms with van der Waals surface area (Å²) in [4.78, 5) is 26.3. The van der Waals surface area contributed by atoms with Crippen LogP contribution in [-0.4, -0.2) is 16.2 Å². The number of pyridine rings is 1. The SMILES string of the molecule is O=C(NC1CCSc2ccccc21)c1ccc(=O)n(Cc2ccccc2Cl)c1. The summed E-state index contributed by atoms with van der Waals surface area (Å²) in [6.07, 6.45) is 2.48. The minimum Gasteiger partial charge on any atom is -0.345 e. The van der Waals surface area contributed by atoms with Gasteiger partial charge in [-0.05, 0) is 35.7 Å². The molecule has 28 heavy (non-hydrogen) atoms. The molecule has 0 aliphatic carbocycles. The van der Waals surface area contributed by atoms with Crippen LogP contribution in [0.3, 0.4) is 0 Å². The molecule has 1 unspecified atom stereocenters. The number of rotatable bonds is 4. The second-order valence-electron chi connectivity index (χ2n) is 6.68. The van der Waals surface area contributed by atoms with E-state index in [1.54, 1.807) is 18.3 Å². The van der Waals surface area contributed by atoms with Gasteiger partial charge in [0.15, 0.2) is 0 Å². The number of fused-ring (bicyclic) bond motifs is 1. The first-order valence-corrected chi connectivity index (χ1v) is 10.4. The first-order chi connectivity index (χ1) is 13.6. The Morgan fingerprint density at radius 1 is 1.11 bits per heavy atom. The topological polar surface area (TPSA) is 51.1 Å². The molecule has 0 radical (unpaired) electrons. The highest BCUT2D eigenvalue weighted by atomic mass is 35.5. The third-order valence-corrected chi connectivity index (χ3v) is 6.30. The second kappa shape index (κ2) is 8.25. The van der Waals surface area contributed by atoms with E-state index in [4.69, 9.17) is 11.6 Å². The standard InChI is InChI=1S/C22H19ClN2O2S/c23-18-7-3-1-5-15(18)13-25-14-16(9-10-21(25)26)22(27)24-19-11-12-28-20-8-4-2-6-17(19)20/h1-10,14,19H,11-13H2,(H,24,27). The van der Waals surface area contributed by atoms with Gasteiger partial charge in [-0.1, -0.05) is 48.0 Å². The molecule has 0 spiro atoms. The quantitative estimate of drug-likeness (QED) is 0.688. The van der Waals surface area contributed by atoms with Gasteiger partial charge in [0.2, 0.25) is 0 Å². The average molecular weight is 411 g/mol. The van der Waals surface area contributed by atoms with Crippen LogP contribution in [0.5, 0.6) is 0 Å². The van der Waals surface area contributed by atoms with Crippen molar-refractivity contribution in [3.63, 3.8) is 0 Å². The number of hydrogen-bond donors (Lipinski definition) is 1. The predicted octanol–water partition coefficient (Wildman–Crippen LogP) is 4.52. The van der Waals surface area contributed by atoms with Crippen molar-refractivity contribution in [3.05, 3.63) is 98.9 Å². The lowest BCUT2D eigenvalue weighted by Gasteiger charge is -2.26. The van der Waals surface area contributed by atoms with Crippen LogP contribution < -0.4 is 10.9 Å². The molecule has 4 rings (SSSR count). The van der Waals surface area contributed by atoms with E-state index in [1.807, 2.05) is 42.1 Å². The highest BCUT2D eigenvalue weighted by molar-refractivity contribution is 7.99. The summed E-state index contributed by atoms with van der Waals surface area (Å²) in [6, 6.07) is 18.5. The summed E-state index contributed by atoms with van der Waals surface area (Å²) < 4.78 is 1.51. The van der Waals surface area contributed by atoms with E-state index in [2.05, 4.69) is 17.4 Å². The van der Waals surface area contributed by atoms with Crippen LogP contribution in [0.25, 0.3) is 0 Å². The van der Waals surface area contributed by atoms with E-state index in [0.717, 1.165) is 23.3 Å². The normalized spacial score (nSPS) is 15.7. The summed E-state index contributed by atoms with van der Waals surface area (Å²) >= 11 is 8.02. The van der Waals surface area contributed by atoms with Crippen molar-refractivity contribution in [1.29, 1.82) is 0 Å². The monoisotopic (exact) mass is 410 g/mol. The number of nitrogens with zero attached hydrogens (tertiary/aromatic N) is 1. The zero-order chi connectivity index (χ0) is 19.5. The van der Waals surface area contributed by atoms with Gasteiger partial charge in [0, 0.05) is 27.9 Å². The van der Waals surface area contributed by atoms with Crippen LogP contribution in [0.15, 0.2) is 76.6 Å². The third kappa shape index (κ3) is 4.01. The molecule has 0 bridgehead atoms. The molecule has 1 N–H and O–H groups in total. The molecule has 1 aromatic heterocycles. The van der Waals surface area contributed by atoms with Crippen molar-refractivity contribution in [2.75, 3.05) is 5.75 Å². The van der Waals surface area contributed by atoms with Crippen LogP contribution in [0.2, 0.25) is 5.02 Å². The molecule has 0 saturated heterocycles. The van der Waals surface area contributed by atoms with Gasteiger partial charge in [0.05, 0.1) is 18.2 Å². The van der Waals surface area contributed by atoms with Gasteiger partial charge in [-0.15, -0.1) is 11.8 Å². The molecular formula is C22H19ClN2O2S. The molecule has 1 aliphatic rings. The predicted molar refractivity (Wildman–Crippen MR) is 113 cm³/mol. The molecule has 2 aromatic carbocycles. The molecule has 142 valence electrons. The Kier molecular flexibility index (Phi) is 5.55. The first kappa shape index (κ1) is 18.8. The molecule has 1 atom stereocenters. The van der Waals surface area contributed by atoms with Gasteiger partial charge in [-0.25, -0.2) is 0 Å². The van der Waals surface area contributed by atoms with Crippen LogP contribution in [0.4, 0.5) is 0 Å². The van der Waals surface area contributed by atoms with E-state index in [0.29, 0.717) is 17.1 Å². The number of hydrogen-bond acceptors (Lipinski definition) is 3. The third-order valence-electron chi connectivity index (χ3n) is 4.81. The summed E-state index contributed by atoms with van der Waals surface area (Å²) in [5, 5.41) is 3.72. The van der Waals surface area contributed by atoms with Gasteiger partial charge in [-0.2, -0.15) is 0 Å². The van der Waals surface area contributed by atoms with Gasteiger partial charge in [0.25, 0.3) is 11.5 Å². The molecular weight excluding hydrogens is 392 g/mol. The Hall–Kier alpha value is -2.50. The smallest absolute Gasteiger partial charge is 0.253 e. The van der Waals surface area contributed by atoms with Crippen molar-refractivity contribution < 1.29 is 4.79 Å². The average Bonchev–Trinajstić information content (AvgIpc) is 2.71. The molecule has 0 saturated carbocycles. The number of amides is 1. The van der Waals surface area contributed by atoms with Crippen LogP contribution in [0, 0.1) is 0 Å². The second-order valence-corrected chi connectivity index (χ2v) is 8.22. The fourth-order valence-electron chi connectivity index (χ4n) is 3.33. The molecule has 6 heteroatoms. The van der Waals surface area contributed by atoms with Gasteiger partial charge in [0.1, 0.15) is 0 Å². The van der Waals surface area contributed by atoms with E-state index >= 15 is 0 Å². The summed E-state index contributed by atoms with van der Waals surface area (Å²) in [7, 11) is 0. The number of nitrogens with one attached hydrogen (secondary N) is 1. The minimum atomic E-state index is -0.181. The number of thioether (sulfide) groups is 1. The van der Waals surface area contributed by atoms with Crippen molar-refractivity contribution in [2.45, 2.75) is 23.9 Å². The Morgan fingerprint density at radius 2 is 1.89 bits per heavy atom. The largest absolute Gasteiger partial charge is 0.345 e. The van der Waals surface area contributed by atoms with Crippen LogP contribution in [0.1, 0.15) is 33.9 Å². The fraction of sp³-hybridized carbons (Fsp3) is 0.182. The first-order valence-electron chi connectivity index (χ1n) is 9.08. The van der Waals surface area contributed by atoms with Crippen LogP contribution in [-0.2, 0) is 6.54 Å². The lowest BCUT2D eigenvalue weighted by molar-refractivity contribution is 0.0934. The number of carbonyl (C=O) groups is 1. The maximum atomic E-state index is 12.8. The zero-order valence-corrected chi connectivity index (χ0v) is 16.7. The molecule has 1 aliphatic heterocycles. The summed E-state index contributed by atoms with van der Waals surface area (Å²) in [5.74, 6) is 0.785. The molecule has 3 aromatic rings. The van der Waals surface area contributed by atoms with Crippen molar-refractivity contribution in [2.24, 2.45) is 0 Å². The fourth-order valence-corrected chi connectivity index (χ4v) is 4.65. The number of halogens is 1. The highest BCUT2D eigenvalue weighted by Gasteiger charge is 2.22. The van der Waals surface area contributed by atoms with Crippen molar-refractivity contribution in [1.82, 2.24) is 9.88 Å². The van der Waals surface area contributed by atoms with E-state index < -0.39 is 0 Å². The number of carbonyl (C=O) groups excluding carboxylic acids is 1. The molecule has 1 amide bonds. The summed E-state index contributed by atoms with van der Waals surface area (Å²) in [6.45, 7) is 0.322. The lowest BCUT2D eigenvalue weighted by Crippen LogP contribution is -2.32. The Bertz CT molecular complexity index is 1080. The number of benzene rings is 2. The molecule has 0 fully saturated rings. The maximum Gasteiger partial charge on any atom is 0.253 e. The minimum absolute atomic E-state index is 0.0195. The summed E-state index contributed by atoms with van der Waals surface area (Å²) in [5.41, 5.74) is 2.27. The number of aromatic nitrogens is 1. The zero-order valence-electron chi connectivity index (χ0n) is 15.1. The van der Waals surface area contributed by atoms with Crippen molar-refractivity contribution in [3.8, 4) is 0 Å². The van der Waals surface area contributed by atoms with E-state index in [9.17, 15) is 9.59 Å². The van der Waals surface area contributed by atoms with Gasteiger partial charge >= 0.3 is 0 Å². The van der Waals surface area contributed by atoms with E-state index in [-0.39, 0.29) is 17.5 Å². The van der Waals surface area contributed by atoms with Gasteiger partial charge in [-0.3, -0.25) is 9.59 Å². The Labute approximate surface area is 172 Å². The van der Waals surface area contributed by atoms with Gasteiger partial charge < -0.3 is 9.88 Å². The maximum absolute atomic E-state index is 12.8. The van der Waals surface area contributed by atoms with Crippen LogP contribution >= 0.6 is 23.4 Å². The lowest BCUT2D eigenvalue weighted by atomic mass is 10.0. The molecule has 4 nitrogen and oxygen atoms in total. The molecule has 2 heterocycles. The van der Waals surface area contributed by atoms with E-state index in [1.165, 1.54) is 15.5 Å².